The van der Waals surface area contributed by atoms with Gasteiger partial charge in [0.2, 0.25) is 0 Å². The molecule has 0 atom stereocenters. The van der Waals surface area contributed by atoms with Crippen molar-refractivity contribution in [3.63, 3.8) is 0 Å². The normalized spacial score (nSPS) is 11.4. The minimum Gasteiger partial charge on any atom is -0.497 e. The van der Waals surface area contributed by atoms with Gasteiger partial charge >= 0.3 is 0 Å². The largest absolute Gasteiger partial charge is 0.497 e. The highest BCUT2D eigenvalue weighted by Gasteiger charge is 2.12. The van der Waals surface area contributed by atoms with Crippen LogP contribution in [0, 0.1) is 0 Å². The molecular formula is C19H24O4S. The lowest BCUT2D eigenvalue weighted by Gasteiger charge is -2.06. The van der Waals surface area contributed by atoms with Crippen molar-refractivity contribution in [3.8, 4) is 5.75 Å². The van der Waals surface area contributed by atoms with Gasteiger partial charge in [0, 0.05) is 6.61 Å². The molecule has 0 spiro atoms. The number of methoxy groups -OCH3 is 1. The number of ether oxygens (including phenoxy) is 2. The molecule has 0 radical (unpaired) electrons. The molecule has 24 heavy (non-hydrogen) atoms. The summed E-state index contributed by atoms with van der Waals surface area (Å²) < 4.78 is 35.0. The Labute approximate surface area is 144 Å². The fraction of sp³-hybridized carbons (Fsp3) is 0.368. The Balaban J connectivity index is 1.60. The van der Waals surface area contributed by atoms with E-state index >= 15 is 0 Å². The van der Waals surface area contributed by atoms with Gasteiger partial charge in [0.15, 0.2) is 9.84 Å². The molecule has 2 aromatic carbocycles. The molecule has 0 aliphatic heterocycles. The van der Waals surface area contributed by atoms with E-state index in [9.17, 15) is 8.42 Å². The van der Waals surface area contributed by atoms with E-state index in [4.69, 9.17) is 9.47 Å². The molecule has 0 aromatic heterocycles. The molecule has 5 heteroatoms. The summed E-state index contributed by atoms with van der Waals surface area (Å²) in [5, 5.41) is 0. The van der Waals surface area contributed by atoms with Crippen molar-refractivity contribution in [2.45, 2.75) is 30.8 Å². The van der Waals surface area contributed by atoms with Crippen LogP contribution in [-0.4, -0.2) is 27.9 Å². The molecule has 0 aliphatic carbocycles. The van der Waals surface area contributed by atoms with Crippen LogP contribution in [0.2, 0.25) is 0 Å². The third-order valence-electron chi connectivity index (χ3n) is 3.73. The predicted molar refractivity (Wildman–Crippen MR) is 95.0 cm³/mol. The molecule has 4 nitrogen and oxygen atoms in total. The summed E-state index contributed by atoms with van der Waals surface area (Å²) >= 11 is 0. The molecule has 0 aliphatic rings. The Morgan fingerprint density at radius 1 is 0.875 bits per heavy atom. The highest BCUT2D eigenvalue weighted by molar-refractivity contribution is 7.91. The van der Waals surface area contributed by atoms with Gasteiger partial charge in [-0.3, -0.25) is 0 Å². The van der Waals surface area contributed by atoms with E-state index in [1.165, 1.54) is 0 Å². The van der Waals surface area contributed by atoms with Crippen molar-refractivity contribution in [3.05, 3.63) is 60.2 Å². The lowest BCUT2D eigenvalue weighted by molar-refractivity contribution is 0.117. The van der Waals surface area contributed by atoms with Crippen LogP contribution in [0.25, 0.3) is 0 Å². The van der Waals surface area contributed by atoms with Gasteiger partial charge in [-0.05, 0) is 42.7 Å². The van der Waals surface area contributed by atoms with Crippen LogP contribution in [0.3, 0.4) is 0 Å². The van der Waals surface area contributed by atoms with Gasteiger partial charge < -0.3 is 9.47 Å². The first-order valence-corrected chi connectivity index (χ1v) is 9.75. The smallest absolute Gasteiger partial charge is 0.178 e. The van der Waals surface area contributed by atoms with Crippen LogP contribution in [0.5, 0.6) is 5.75 Å². The van der Waals surface area contributed by atoms with Gasteiger partial charge in [-0.2, -0.15) is 0 Å². The molecule has 2 aromatic rings. The van der Waals surface area contributed by atoms with Gasteiger partial charge in [-0.25, -0.2) is 8.42 Å². The lowest BCUT2D eigenvalue weighted by Crippen LogP contribution is -2.07. The second-order valence-corrected chi connectivity index (χ2v) is 7.70. The number of sulfone groups is 1. The number of rotatable bonds is 10. The summed E-state index contributed by atoms with van der Waals surface area (Å²) in [6.45, 7) is 1.20. The molecule has 0 saturated heterocycles. The third-order valence-corrected chi connectivity index (χ3v) is 5.55. The highest BCUT2D eigenvalue weighted by Crippen LogP contribution is 2.14. The zero-order chi connectivity index (χ0) is 17.3. The molecule has 0 fully saturated rings. The number of hydrogen-bond donors (Lipinski definition) is 0. The Hall–Kier alpha value is -1.85. The SMILES string of the molecule is COc1ccc(COCCCCCS(=O)(=O)c2ccccc2)cc1. The second-order valence-electron chi connectivity index (χ2n) is 5.59. The zero-order valence-corrected chi connectivity index (χ0v) is 14.8. The molecule has 0 saturated carbocycles. The first-order valence-electron chi connectivity index (χ1n) is 8.10. The van der Waals surface area contributed by atoms with Gasteiger partial charge in [0.05, 0.1) is 24.4 Å². The molecular weight excluding hydrogens is 324 g/mol. The van der Waals surface area contributed by atoms with Crippen LogP contribution in [0.1, 0.15) is 24.8 Å². The Morgan fingerprint density at radius 3 is 2.25 bits per heavy atom. The summed E-state index contributed by atoms with van der Waals surface area (Å²) in [5.74, 6) is 1.02. The van der Waals surface area contributed by atoms with Crippen LogP contribution < -0.4 is 4.74 Å². The molecule has 2 rings (SSSR count). The van der Waals surface area contributed by atoms with E-state index in [1.54, 1.807) is 31.4 Å². The summed E-state index contributed by atoms with van der Waals surface area (Å²) in [4.78, 5) is 0.403. The molecule has 0 bridgehead atoms. The van der Waals surface area contributed by atoms with Gasteiger partial charge in [0.1, 0.15) is 5.75 Å². The zero-order valence-electron chi connectivity index (χ0n) is 14.0. The van der Waals surface area contributed by atoms with Crippen molar-refractivity contribution in [2.24, 2.45) is 0 Å². The minimum absolute atomic E-state index is 0.190. The first-order chi connectivity index (χ1) is 11.6. The van der Waals surface area contributed by atoms with Crippen molar-refractivity contribution < 1.29 is 17.9 Å². The second kappa shape index (κ2) is 9.45. The monoisotopic (exact) mass is 348 g/mol. The number of benzene rings is 2. The Morgan fingerprint density at radius 2 is 1.58 bits per heavy atom. The minimum atomic E-state index is -3.16. The number of unbranched alkanes of at least 4 members (excludes halogenated alkanes) is 2. The molecule has 0 heterocycles. The van der Waals surface area contributed by atoms with E-state index < -0.39 is 9.84 Å². The van der Waals surface area contributed by atoms with E-state index in [1.807, 2.05) is 30.3 Å². The summed E-state index contributed by atoms with van der Waals surface area (Å²) in [6, 6.07) is 16.4. The quantitative estimate of drug-likeness (QED) is 0.612. The van der Waals surface area contributed by atoms with E-state index in [0.29, 0.717) is 24.5 Å². The highest BCUT2D eigenvalue weighted by atomic mass is 32.2. The van der Waals surface area contributed by atoms with E-state index in [2.05, 4.69) is 0 Å². The van der Waals surface area contributed by atoms with Crippen LogP contribution in [0.4, 0.5) is 0 Å². The van der Waals surface area contributed by atoms with Crippen molar-refractivity contribution >= 4 is 9.84 Å². The third kappa shape index (κ3) is 5.98. The van der Waals surface area contributed by atoms with Gasteiger partial charge in [0.25, 0.3) is 0 Å². The maximum atomic E-state index is 12.1. The standard InChI is InChI=1S/C19H24O4S/c1-22-18-12-10-17(11-13-18)16-23-14-6-3-7-15-24(20,21)19-8-4-2-5-9-19/h2,4-5,8-13H,3,6-7,14-16H2,1H3. The van der Waals surface area contributed by atoms with Crippen molar-refractivity contribution in [2.75, 3.05) is 19.5 Å². The maximum absolute atomic E-state index is 12.1. The van der Waals surface area contributed by atoms with Crippen LogP contribution in [-0.2, 0) is 21.2 Å². The predicted octanol–water partition coefficient (Wildman–Crippen LogP) is 3.86. The summed E-state index contributed by atoms with van der Waals surface area (Å²) in [6.07, 6.45) is 2.36. The summed E-state index contributed by atoms with van der Waals surface area (Å²) in [5.41, 5.74) is 1.10. The van der Waals surface area contributed by atoms with Crippen molar-refractivity contribution in [1.29, 1.82) is 0 Å². The fourth-order valence-corrected chi connectivity index (χ4v) is 3.72. The van der Waals surface area contributed by atoms with Crippen LogP contribution >= 0.6 is 0 Å². The molecule has 0 N–H and O–H groups in total. The maximum Gasteiger partial charge on any atom is 0.178 e. The molecule has 0 unspecified atom stereocenters. The number of hydrogen-bond acceptors (Lipinski definition) is 4. The summed E-state index contributed by atoms with van der Waals surface area (Å²) in [7, 11) is -1.51. The fourth-order valence-electron chi connectivity index (χ4n) is 2.33. The topological polar surface area (TPSA) is 52.6 Å². The molecule has 130 valence electrons. The van der Waals surface area contributed by atoms with Crippen molar-refractivity contribution in [1.82, 2.24) is 0 Å². The Kier molecular flexibility index (Phi) is 7.28. The van der Waals surface area contributed by atoms with Gasteiger partial charge in [-0.15, -0.1) is 0 Å². The van der Waals surface area contributed by atoms with E-state index in [0.717, 1.165) is 24.2 Å². The average Bonchev–Trinajstić information content (AvgIpc) is 2.62. The lowest BCUT2D eigenvalue weighted by atomic mass is 10.2. The van der Waals surface area contributed by atoms with Crippen LogP contribution in [0.15, 0.2) is 59.5 Å². The first kappa shape index (κ1) is 18.5. The molecule has 0 amide bonds. The average molecular weight is 348 g/mol. The van der Waals surface area contributed by atoms with E-state index in [-0.39, 0.29) is 5.75 Å². The van der Waals surface area contributed by atoms with Gasteiger partial charge in [-0.1, -0.05) is 36.8 Å². The Bertz CT molecular complexity index is 694.